The predicted molar refractivity (Wildman–Crippen MR) is 349 cm³/mol. The van der Waals surface area contributed by atoms with Gasteiger partial charge in [-0.15, -0.1) is 0 Å². The minimum absolute atomic E-state index is 0.0473. The third-order valence-electron chi connectivity index (χ3n) is 16.6. The number of fused-ring (bicyclic) bond motifs is 6. The number of nitrogens with one attached hydrogen (secondary N) is 2. The lowest BCUT2D eigenvalue weighted by Gasteiger charge is -2.37. The number of aliphatic hydroxyl groups is 1. The second kappa shape index (κ2) is 29.7. The fourth-order valence-electron chi connectivity index (χ4n) is 12.3. The Hall–Kier alpha value is -10.4. The molecule has 0 aromatic heterocycles. The first-order valence-electron chi connectivity index (χ1n) is 30.5. The fraction of sp³-hybridized carbons (Fsp3) is 0.179. The van der Waals surface area contributed by atoms with E-state index < -0.39 is 47.4 Å². The topological polar surface area (TPSA) is 179 Å². The Morgan fingerprint density at radius 2 is 0.626 bits per heavy atom. The number of carbonyl (C=O) groups excluding carboxylic acids is 3. The molecule has 0 heterocycles. The van der Waals surface area contributed by atoms with Crippen molar-refractivity contribution in [1.29, 1.82) is 0 Å². The number of amides is 2. The number of esters is 1. The van der Waals surface area contributed by atoms with Crippen molar-refractivity contribution in [3.8, 4) is 22.3 Å². The van der Waals surface area contributed by atoms with E-state index in [4.69, 9.17) is 28.8 Å². The van der Waals surface area contributed by atoms with Gasteiger partial charge in [0.2, 0.25) is 0 Å². The maximum atomic E-state index is 13.4. The Balaban J connectivity index is 0.000000189. The van der Waals surface area contributed by atoms with Crippen LogP contribution in [-0.4, -0.2) is 86.1 Å². The summed E-state index contributed by atoms with van der Waals surface area (Å²) in [6, 6.07) is 90.5. The number of hydrogen-bond donors (Lipinski definition) is 4. The molecule has 4 N–H and O–H groups in total. The number of carbonyl (C=O) groups is 4. The first kappa shape index (κ1) is 62.2. The lowest BCUT2D eigenvalue weighted by molar-refractivity contribution is -0.148. The molecule has 2 atom stereocenters. The zero-order chi connectivity index (χ0) is 62.8. The molecule has 0 radical (unpaired) electrons. The quantitative estimate of drug-likeness (QED) is 0.0257. The summed E-state index contributed by atoms with van der Waals surface area (Å²) in [6.07, 6.45) is -1.94. The van der Waals surface area contributed by atoms with Crippen molar-refractivity contribution >= 4 is 24.1 Å². The second-order valence-electron chi connectivity index (χ2n) is 22.3. The van der Waals surface area contributed by atoms with Gasteiger partial charge in [-0.05, 0) is 77.9 Å². The minimum atomic E-state index is -1.10. The number of carboxylic acid groups (broad SMARTS) is 1. The normalized spacial score (nSPS) is 12.9. The number of alkyl carbamates (subject to hydrolysis) is 2. The van der Waals surface area contributed by atoms with E-state index in [0.717, 1.165) is 66.8 Å². The Kier molecular flexibility index (Phi) is 20.3. The highest BCUT2D eigenvalue weighted by atomic mass is 16.6. The molecule has 12 rings (SSSR count). The van der Waals surface area contributed by atoms with Crippen LogP contribution in [0.3, 0.4) is 0 Å². The van der Waals surface area contributed by atoms with Crippen LogP contribution in [0.15, 0.2) is 279 Å². The molecule has 0 aliphatic heterocycles. The monoisotopic (exact) mass is 1210 g/mol. The van der Waals surface area contributed by atoms with Gasteiger partial charge >= 0.3 is 24.1 Å². The molecule has 0 unspecified atom stereocenters. The second-order valence-corrected chi connectivity index (χ2v) is 22.3. The average molecular weight is 1210 g/mol. The van der Waals surface area contributed by atoms with E-state index in [2.05, 4.69) is 47.0 Å². The largest absolute Gasteiger partial charge is 0.481 e. The molecular formula is C78H70N2O11. The van der Waals surface area contributed by atoms with E-state index in [1.807, 2.05) is 243 Å². The van der Waals surface area contributed by atoms with Crippen molar-refractivity contribution in [2.45, 2.75) is 48.0 Å². The van der Waals surface area contributed by atoms with Crippen LogP contribution in [0.2, 0.25) is 0 Å². The van der Waals surface area contributed by atoms with Gasteiger partial charge in [0.25, 0.3) is 0 Å². The molecule has 13 heteroatoms. The summed E-state index contributed by atoms with van der Waals surface area (Å²) in [4.78, 5) is 50.0. The molecule has 2 aliphatic rings. The van der Waals surface area contributed by atoms with Gasteiger partial charge in [0.1, 0.15) is 31.0 Å². The first-order chi connectivity index (χ1) is 44.7. The highest BCUT2D eigenvalue weighted by molar-refractivity contribution is 5.81. The first-order valence-corrected chi connectivity index (χ1v) is 30.5. The summed E-state index contributed by atoms with van der Waals surface area (Å²) in [7, 11) is 0. The van der Waals surface area contributed by atoms with Gasteiger partial charge in [-0.1, -0.05) is 279 Å². The smallest absolute Gasteiger partial charge is 0.407 e. The summed E-state index contributed by atoms with van der Waals surface area (Å²) >= 11 is 0. The zero-order valence-corrected chi connectivity index (χ0v) is 50.1. The van der Waals surface area contributed by atoms with E-state index in [9.17, 15) is 24.3 Å². The van der Waals surface area contributed by atoms with Crippen LogP contribution in [0.1, 0.15) is 80.3 Å². The summed E-state index contributed by atoms with van der Waals surface area (Å²) in [6.45, 7) is -0.279. The molecule has 0 bridgehead atoms. The lowest BCUT2D eigenvalue weighted by atomic mass is 9.80. The van der Waals surface area contributed by atoms with Crippen molar-refractivity contribution in [3.63, 3.8) is 0 Å². The number of hydrogen-bond acceptors (Lipinski definition) is 10. The molecule has 0 spiro atoms. The van der Waals surface area contributed by atoms with Crippen molar-refractivity contribution in [1.82, 2.24) is 10.6 Å². The van der Waals surface area contributed by atoms with Gasteiger partial charge in [-0.3, -0.25) is 9.59 Å². The maximum absolute atomic E-state index is 13.4. The molecule has 10 aromatic carbocycles. The molecule has 91 heavy (non-hydrogen) atoms. The number of aliphatic hydroxyl groups excluding tert-OH is 1. The molecular weight excluding hydrogens is 1140 g/mol. The standard InChI is InChI=1S/C41H37NO7.C37H33NO4/c43-38(44)24-25-39(45)47-26-32(42-40(46)48-28-37-35-22-12-10-20-33(35)34-21-11-13-23-36(34)37)27-49-41(29-14-4-1-5-15-29,30-16-6-2-7-17-30)31-18-8-3-9-19-31;39-24-30(38-36(40)41-26-35-33-22-12-10-20-31(33)32-21-11-13-23-34(32)35)25-42-37(27-14-4-1-5-15-27,28-16-6-2-7-17-28)29-18-8-3-9-19-29/h1-23,32,37H,24-28H2,(H,42,46)(H,43,44);1-23,30,35,39H,24-26H2,(H,38,40)/t32-;30-/m11/s1. The Morgan fingerprint density at radius 3 is 0.923 bits per heavy atom. The van der Waals surface area contributed by atoms with Crippen LogP contribution in [0.5, 0.6) is 0 Å². The number of benzene rings is 10. The van der Waals surface area contributed by atoms with Crippen LogP contribution >= 0.6 is 0 Å². The van der Waals surface area contributed by atoms with Gasteiger partial charge < -0.3 is 44.5 Å². The Morgan fingerprint density at radius 1 is 0.352 bits per heavy atom. The van der Waals surface area contributed by atoms with Gasteiger partial charge in [-0.25, -0.2) is 9.59 Å². The summed E-state index contributed by atoms with van der Waals surface area (Å²) in [5, 5.41) is 25.0. The summed E-state index contributed by atoms with van der Waals surface area (Å²) in [5.74, 6) is -1.98. The van der Waals surface area contributed by atoms with Crippen LogP contribution in [0.4, 0.5) is 9.59 Å². The summed E-state index contributed by atoms with van der Waals surface area (Å²) < 4.78 is 30.7. The predicted octanol–water partition coefficient (Wildman–Crippen LogP) is 14.2. The van der Waals surface area contributed by atoms with E-state index in [0.29, 0.717) is 0 Å². The number of ether oxygens (including phenoxy) is 5. The molecule has 10 aromatic rings. The van der Waals surface area contributed by atoms with E-state index in [1.54, 1.807) is 0 Å². The number of carboxylic acids is 1. The van der Waals surface area contributed by atoms with Crippen LogP contribution < -0.4 is 10.6 Å². The van der Waals surface area contributed by atoms with Gasteiger partial charge in [0.05, 0.1) is 44.7 Å². The highest BCUT2D eigenvalue weighted by Crippen LogP contribution is 2.47. The number of aliphatic carboxylic acids is 1. The highest BCUT2D eigenvalue weighted by Gasteiger charge is 2.41. The average Bonchev–Trinajstić information content (AvgIpc) is 1.76. The minimum Gasteiger partial charge on any atom is -0.481 e. The molecule has 2 amide bonds. The van der Waals surface area contributed by atoms with E-state index in [1.165, 1.54) is 11.1 Å². The fourth-order valence-corrected chi connectivity index (χ4v) is 12.3. The Labute approximate surface area is 529 Å². The van der Waals surface area contributed by atoms with E-state index in [-0.39, 0.29) is 64.3 Å². The maximum Gasteiger partial charge on any atom is 0.407 e. The van der Waals surface area contributed by atoms with E-state index >= 15 is 0 Å². The van der Waals surface area contributed by atoms with Gasteiger partial charge in [-0.2, -0.15) is 0 Å². The summed E-state index contributed by atoms with van der Waals surface area (Å²) in [5.41, 5.74) is 12.4. The van der Waals surface area contributed by atoms with Crippen LogP contribution in [0, 0.1) is 0 Å². The molecule has 2 aliphatic carbocycles. The SMILES string of the molecule is O=C(N[C@H](CO)COC(c1ccccc1)(c1ccccc1)c1ccccc1)OCC1c2ccccc2-c2ccccc21.O=C(O)CCC(=O)OC[C@H](COC(c1ccccc1)(c1ccccc1)c1ccccc1)NC(=O)OCC1c2ccccc2-c2ccccc21. The third kappa shape index (κ3) is 14.2. The zero-order valence-electron chi connectivity index (χ0n) is 50.1. The van der Waals surface area contributed by atoms with Gasteiger partial charge in [0, 0.05) is 11.8 Å². The van der Waals surface area contributed by atoms with Gasteiger partial charge in [0.15, 0.2) is 0 Å². The van der Waals surface area contributed by atoms with Crippen LogP contribution in [-0.2, 0) is 44.5 Å². The van der Waals surface area contributed by atoms with Crippen molar-refractivity contribution in [2.24, 2.45) is 0 Å². The molecule has 0 saturated carbocycles. The molecule has 0 saturated heterocycles. The molecule has 458 valence electrons. The van der Waals surface area contributed by atoms with Crippen molar-refractivity contribution < 1.29 is 53.1 Å². The molecule has 0 fully saturated rings. The van der Waals surface area contributed by atoms with Crippen molar-refractivity contribution in [2.75, 3.05) is 39.6 Å². The number of rotatable bonds is 24. The molecule has 13 nitrogen and oxygen atoms in total. The van der Waals surface area contributed by atoms with Crippen molar-refractivity contribution in [3.05, 3.63) is 335 Å². The Bertz CT molecular complexity index is 3740. The van der Waals surface area contributed by atoms with Crippen LogP contribution in [0.25, 0.3) is 22.3 Å². The third-order valence-corrected chi connectivity index (χ3v) is 16.6. The lowest BCUT2D eigenvalue weighted by Crippen LogP contribution is -2.45.